The lowest BCUT2D eigenvalue weighted by Gasteiger charge is -2.17. The number of anilines is 1. The number of hydrogen-bond acceptors (Lipinski definition) is 5. The van der Waals surface area contributed by atoms with Crippen molar-refractivity contribution in [2.75, 3.05) is 39.3 Å². The predicted octanol–water partition coefficient (Wildman–Crippen LogP) is -0.0269. The molecule has 0 amide bonds. The van der Waals surface area contributed by atoms with E-state index < -0.39 is 0 Å². The Morgan fingerprint density at radius 1 is 1.56 bits per heavy atom. The number of aliphatic hydroxyl groups excluding tert-OH is 1. The van der Waals surface area contributed by atoms with E-state index in [1.807, 2.05) is 32.2 Å². The van der Waals surface area contributed by atoms with E-state index in [1.54, 1.807) is 7.11 Å². The van der Waals surface area contributed by atoms with Crippen molar-refractivity contribution < 1.29 is 9.84 Å². The van der Waals surface area contributed by atoms with Crippen LogP contribution in [0.15, 0.2) is 6.20 Å². The maximum Gasteiger partial charge on any atom is 0.204 e. The Labute approximate surface area is 109 Å². The van der Waals surface area contributed by atoms with Gasteiger partial charge in [-0.1, -0.05) is 0 Å². The molecule has 0 bridgehead atoms. The second-order valence-electron chi connectivity index (χ2n) is 4.55. The van der Waals surface area contributed by atoms with Crippen LogP contribution in [0.1, 0.15) is 12.1 Å². The van der Waals surface area contributed by atoms with Crippen LogP contribution in [-0.2, 0) is 18.3 Å². The molecule has 0 fully saturated rings. The van der Waals surface area contributed by atoms with Crippen LogP contribution in [0.2, 0.25) is 0 Å². The number of hydrogen-bond donors (Lipinski definition) is 2. The van der Waals surface area contributed by atoms with Gasteiger partial charge in [0.2, 0.25) is 5.95 Å². The van der Waals surface area contributed by atoms with E-state index in [2.05, 4.69) is 14.9 Å². The van der Waals surface area contributed by atoms with Crippen molar-refractivity contribution in [3.63, 3.8) is 0 Å². The smallest absolute Gasteiger partial charge is 0.204 e. The third kappa shape index (κ3) is 3.97. The van der Waals surface area contributed by atoms with Crippen LogP contribution < -0.4 is 10.2 Å². The van der Waals surface area contributed by atoms with Gasteiger partial charge < -0.3 is 24.6 Å². The third-order valence-corrected chi connectivity index (χ3v) is 2.88. The summed E-state index contributed by atoms with van der Waals surface area (Å²) in [7, 11) is 7.61. The number of rotatable bonds is 8. The maximum absolute atomic E-state index is 8.97. The first-order valence-corrected chi connectivity index (χ1v) is 6.11. The Hall–Kier alpha value is -1.11. The Morgan fingerprint density at radius 3 is 2.78 bits per heavy atom. The highest BCUT2D eigenvalue weighted by Gasteiger charge is 2.11. The predicted molar refractivity (Wildman–Crippen MR) is 71.7 cm³/mol. The summed E-state index contributed by atoms with van der Waals surface area (Å²) in [6, 6.07) is 0.165. The zero-order valence-corrected chi connectivity index (χ0v) is 11.7. The van der Waals surface area contributed by atoms with Gasteiger partial charge in [-0.15, -0.1) is 0 Å². The molecule has 1 aromatic heterocycles. The molecule has 2 N–H and O–H groups in total. The number of nitrogens with one attached hydrogen (secondary N) is 1. The van der Waals surface area contributed by atoms with Crippen LogP contribution in [0.25, 0.3) is 0 Å². The topological polar surface area (TPSA) is 62.6 Å². The van der Waals surface area contributed by atoms with Crippen molar-refractivity contribution in [1.82, 2.24) is 14.9 Å². The average Bonchev–Trinajstić information content (AvgIpc) is 2.68. The summed E-state index contributed by atoms with van der Waals surface area (Å²) in [4.78, 5) is 6.33. The van der Waals surface area contributed by atoms with Gasteiger partial charge in [0.1, 0.15) is 0 Å². The Morgan fingerprint density at radius 2 is 2.28 bits per heavy atom. The lowest BCUT2D eigenvalue weighted by molar-refractivity contribution is 0.147. The first-order chi connectivity index (χ1) is 8.60. The molecule has 0 aliphatic heterocycles. The van der Waals surface area contributed by atoms with Crippen LogP contribution >= 0.6 is 0 Å². The van der Waals surface area contributed by atoms with Crippen molar-refractivity contribution in [2.45, 2.75) is 19.0 Å². The minimum absolute atomic E-state index is 0.162. The minimum Gasteiger partial charge on any atom is -0.396 e. The summed E-state index contributed by atoms with van der Waals surface area (Å²) in [6.07, 6.45) is 2.55. The van der Waals surface area contributed by atoms with E-state index in [-0.39, 0.29) is 12.6 Å². The molecular weight excluding hydrogens is 232 g/mol. The minimum atomic E-state index is 0.162. The van der Waals surface area contributed by atoms with Crippen molar-refractivity contribution in [3.8, 4) is 0 Å². The fraction of sp³-hybridized carbons (Fsp3) is 0.750. The van der Waals surface area contributed by atoms with Crippen LogP contribution in [0.3, 0.4) is 0 Å². The largest absolute Gasteiger partial charge is 0.396 e. The van der Waals surface area contributed by atoms with Gasteiger partial charge >= 0.3 is 0 Å². The molecule has 1 unspecified atom stereocenters. The normalized spacial score (nSPS) is 12.7. The zero-order valence-electron chi connectivity index (χ0n) is 11.7. The number of nitrogens with zero attached hydrogens (tertiary/aromatic N) is 3. The Kier molecular flexibility index (Phi) is 6.11. The second-order valence-corrected chi connectivity index (χ2v) is 4.55. The first kappa shape index (κ1) is 14.9. The first-order valence-electron chi connectivity index (χ1n) is 6.11. The van der Waals surface area contributed by atoms with E-state index in [0.717, 1.165) is 11.6 Å². The van der Waals surface area contributed by atoms with E-state index >= 15 is 0 Å². The highest BCUT2D eigenvalue weighted by Crippen LogP contribution is 2.10. The van der Waals surface area contributed by atoms with Crippen LogP contribution in [0.4, 0.5) is 5.95 Å². The molecule has 1 heterocycles. The van der Waals surface area contributed by atoms with Crippen molar-refractivity contribution in [3.05, 3.63) is 11.9 Å². The van der Waals surface area contributed by atoms with Gasteiger partial charge in [-0.3, -0.25) is 0 Å². The molecule has 0 aromatic carbocycles. The van der Waals surface area contributed by atoms with E-state index in [9.17, 15) is 0 Å². The molecule has 1 aromatic rings. The molecule has 1 atom stereocenters. The second kappa shape index (κ2) is 7.35. The molecule has 0 radical (unpaired) electrons. The quantitative estimate of drug-likeness (QED) is 0.684. The van der Waals surface area contributed by atoms with Crippen molar-refractivity contribution in [2.24, 2.45) is 7.05 Å². The zero-order chi connectivity index (χ0) is 13.5. The number of ether oxygens (including phenoxy) is 1. The van der Waals surface area contributed by atoms with Gasteiger partial charge in [0.15, 0.2) is 0 Å². The number of aromatic nitrogens is 2. The lowest BCUT2D eigenvalue weighted by atomic mass is 10.2. The number of imidazole rings is 1. The number of methoxy groups -OCH3 is 1. The van der Waals surface area contributed by atoms with Gasteiger partial charge in [0.25, 0.3) is 0 Å². The molecule has 6 nitrogen and oxygen atoms in total. The number of aliphatic hydroxyl groups is 1. The Balaban J connectivity index is 2.56. The van der Waals surface area contributed by atoms with Gasteiger partial charge in [-0.05, 0) is 6.42 Å². The van der Waals surface area contributed by atoms with Gasteiger partial charge in [0, 0.05) is 47.4 Å². The average molecular weight is 256 g/mol. The molecule has 0 saturated carbocycles. The molecule has 0 aliphatic rings. The summed E-state index contributed by atoms with van der Waals surface area (Å²) < 4.78 is 7.17. The summed E-state index contributed by atoms with van der Waals surface area (Å²) in [5.74, 6) is 0.928. The summed E-state index contributed by atoms with van der Waals surface area (Å²) in [6.45, 7) is 1.47. The standard InChI is InChI=1S/C12H24N4O2/c1-15(2)12-14-8-11(16(12)3)7-13-10(5-6-17)9-18-4/h8,10,13,17H,5-7,9H2,1-4H3. The fourth-order valence-corrected chi connectivity index (χ4v) is 1.86. The molecule has 0 spiro atoms. The molecule has 0 aliphatic carbocycles. The summed E-state index contributed by atoms with van der Waals surface area (Å²) >= 11 is 0. The SMILES string of the molecule is COCC(CCO)NCc1cnc(N(C)C)n1C. The molecular formula is C12H24N4O2. The third-order valence-electron chi connectivity index (χ3n) is 2.88. The van der Waals surface area contributed by atoms with Crippen LogP contribution in [-0.4, -0.2) is 55.1 Å². The van der Waals surface area contributed by atoms with Crippen molar-refractivity contribution >= 4 is 5.95 Å². The van der Waals surface area contributed by atoms with Crippen LogP contribution in [0, 0.1) is 0 Å². The van der Waals surface area contributed by atoms with E-state index in [0.29, 0.717) is 19.6 Å². The molecule has 0 saturated heterocycles. The summed E-state index contributed by atoms with van der Waals surface area (Å²) in [5.41, 5.74) is 1.11. The Bertz CT molecular complexity index is 346. The summed E-state index contributed by atoms with van der Waals surface area (Å²) in [5, 5.41) is 12.3. The van der Waals surface area contributed by atoms with Gasteiger partial charge in [-0.25, -0.2) is 4.98 Å². The highest BCUT2D eigenvalue weighted by atomic mass is 16.5. The van der Waals surface area contributed by atoms with Gasteiger partial charge in [0.05, 0.1) is 18.5 Å². The fourth-order valence-electron chi connectivity index (χ4n) is 1.86. The van der Waals surface area contributed by atoms with Crippen LogP contribution in [0.5, 0.6) is 0 Å². The lowest BCUT2D eigenvalue weighted by Crippen LogP contribution is -2.34. The molecule has 18 heavy (non-hydrogen) atoms. The molecule has 6 heteroatoms. The molecule has 104 valence electrons. The van der Waals surface area contributed by atoms with E-state index in [4.69, 9.17) is 9.84 Å². The molecule has 1 rings (SSSR count). The monoisotopic (exact) mass is 256 g/mol. The van der Waals surface area contributed by atoms with E-state index in [1.165, 1.54) is 0 Å². The van der Waals surface area contributed by atoms with Gasteiger partial charge in [-0.2, -0.15) is 0 Å². The maximum atomic E-state index is 8.97. The highest BCUT2D eigenvalue weighted by molar-refractivity contribution is 5.30. The van der Waals surface area contributed by atoms with Crippen molar-refractivity contribution in [1.29, 1.82) is 0 Å².